The standard InChI is InChI=1S/C18H25N3O4/c1-9-13(7-6-12-5-4-8-20(12)11(3)19)16(18(24)25)21-15(9)14(10(2)22)17(21)23/h6-7,9-10,12,14-15,19,22H,4-5,8H2,1-3H3,(H,24,25)/t9-,10+,12-,14+,15+/m0/s1. The fourth-order valence-corrected chi connectivity index (χ4v) is 4.44. The summed E-state index contributed by atoms with van der Waals surface area (Å²) >= 11 is 0. The van der Waals surface area contributed by atoms with Crippen LogP contribution < -0.4 is 0 Å². The molecule has 0 aromatic rings. The van der Waals surface area contributed by atoms with Gasteiger partial charge >= 0.3 is 5.97 Å². The summed E-state index contributed by atoms with van der Waals surface area (Å²) in [7, 11) is 0. The van der Waals surface area contributed by atoms with E-state index < -0.39 is 18.0 Å². The number of fused-ring (bicyclic) bond motifs is 1. The lowest BCUT2D eigenvalue weighted by Gasteiger charge is -2.46. The van der Waals surface area contributed by atoms with E-state index >= 15 is 0 Å². The van der Waals surface area contributed by atoms with Gasteiger partial charge in [0.25, 0.3) is 0 Å². The van der Waals surface area contributed by atoms with Crippen LogP contribution in [0.1, 0.15) is 33.6 Å². The van der Waals surface area contributed by atoms with Gasteiger partial charge in [0.1, 0.15) is 5.70 Å². The van der Waals surface area contributed by atoms with Gasteiger partial charge in [-0.3, -0.25) is 10.2 Å². The Labute approximate surface area is 147 Å². The lowest BCUT2D eigenvalue weighted by atomic mass is 9.77. The number of carboxylic acids is 1. The highest BCUT2D eigenvalue weighted by atomic mass is 16.4. The number of carbonyl (C=O) groups is 2. The molecule has 7 heteroatoms. The van der Waals surface area contributed by atoms with Crippen LogP contribution in [-0.2, 0) is 9.59 Å². The summed E-state index contributed by atoms with van der Waals surface area (Å²) < 4.78 is 0. The average Bonchev–Trinajstić information content (AvgIpc) is 3.06. The maximum Gasteiger partial charge on any atom is 0.352 e. The number of hydrogen-bond acceptors (Lipinski definition) is 4. The highest BCUT2D eigenvalue weighted by Crippen LogP contribution is 2.47. The molecule has 3 aliphatic rings. The van der Waals surface area contributed by atoms with Gasteiger partial charge in [0.15, 0.2) is 0 Å². The van der Waals surface area contributed by atoms with Crippen LogP contribution in [0.3, 0.4) is 0 Å². The minimum Gasteiger partial charge on any atom is -0.477 e. The first-order valence-electron chi connectivity index (χ1n) is 8.74. The molecular formula is C18H25N3O4. The Morgan fingerprint density at radius 2 is 2.12 bits per heavy atom. The molecule has 136 valence electrons. The molecule has 2 fully saturated rings. The maximum atomic E-state index is 12.3. The fourth-order valence-electron chi connectivity index (χ4n) is 4.44. The molecule has 2 saturated heterocycles. The molecule has 0 radical (unpaired) electrons. The van der Waals surface area contributed by atoms with Crippen molar-refractivity contribution in [2.24, 2.45) is 11.8 Å². The number of allylic oxidation sites excluding steroid dienone is 1. The van der Waals surface area contributed by atoms with Gasteiger partial charge in [0, 0.05) is 18.5 Å². The van der Waals surface area contributed by atoms with E-state index in [0.29, 0.717) is 11.4 Å². The van der Waals surface area contributed by atoms with Crippen molar-refractivity contribution < 1.29 is 19.8 Å². The summed E-state index contributed by atoms with van der Waals surface area (Å²) in [4.78, 5) is 27.4. The Kier molecular flexibility index (Phi) is 4.45. The van der Waals surface area contributed by atoms with Gasteiger partial charge in [-0.15, -0.1) is 0 Å². The van der Waals surface area contributed by atoms with Crippen LogP contribution in [0.4, 0.5) is 0 Å². The van der Waals surface area contributed by atoms with Crippen LogP contribution in [0.15, 0.2) is 23.4 Å². The van der Waals surface area contributed by atoms with Gasteiger partial charge < -0.3 is 20.0 Å². The third-order valence-electron chi connectivity index (χ3n) is 5.66. The van der Waals surface area contributed by atoms with E-state index in [1.807, 2.05) is 24.0 Å². The van der Waals surface area contributed by atoms with E-state index in [1.54, 1.807) is 13.8 Å². The largest absolute Gasteiger partial charge is 0.477 e. The summed E-state index contributed by atoms with van der Waals surface area (Å²) in [6.07, 6.45) is 4.90. The molecule has 3 heterocycles. The number of carboxylic acid groups (broad SMARTS) is 1. The molecule has 3 rings (SSSR count). The van der Waals surface area contributed by atoms with Crippen molar-refractivity contribution >= 4 is 17.7 Å². The van der Waals surface area contributed by atoms with Crippen molar-refractivity contribution in [1.82, 2.24) is 9.80 Å². The molecule has 3 aliphatic heterocycles. The second kappa shape index (κ2) is 6.29. The minimum atomic E-state index is -1.11. The average molecular weight is 347 g/mol. The van der Waals surface area contributed by atoms with Gasteiger partial charge in [-0.1, -0.05) is 19.1 Å². The molecule has 25 heavy (non-hydrogen) atoms. The van der Waals surface area contributed by atoms with E-state index in [4.69, 9.17) is 5.41 Å². The Morgan fingerprint density at radius 1 is 1.44 bits per heavy atom. The van der Waals surface area contributed by atoms with Crippen LogP contribution in [0.25, 0.3) is 0 Å². The molecule has 3 N–H and O–H groups in total. The van der Waals surface area contributed by atoms with Crippen molar-refractivity contribution in [3.05, 3.63) is 23.4 Å². The highest BCUT2D eigenvalue weighted by Gasteiger charge is 2.59. The second-order valence-corrected chi connectivity index (χ2v) is 7.21. The summed E-state index contributed by atoms with van der Waals surface area (Å²) in [5.41, 5.74) is 0.662. The third kappa shape index (κ3) is 2.66. The van der Waals surface area contributed by atoms with E-state index in [9.17, 15) is 19.8 Å². The zero-order valence-corrected chi connectivity index (χ0v) is 14.8. The number of hydrogen-bond donors (Lipinski definition) is 3. The lowest BCUT2D eigenvalue weighted by Crippen LogP contribution is -2.63. The maximum absolute atomic E-state index is 12.3. The number of amidine groups is 1. The highest BCUT2D eigenvalue weighted by molar-refractivity contribution is 6.00. The normalized spacial score (nSPS) is 33.0. The molecule has 0 unspecified atom stereocenters. The zero-order chi connectivity index (χ0) is 18.5. The molecule has 0 bridgehead atoms. The van der Waals surface area contributed by atoms with Gasteiger partial charge in [0.05, 0.1) is 23.9 Å². The molecule has 1 amide bonds. The number of likely N-dealkylation sites (tertiary alicyclic amines) is 1. The zero-order valence-electron chi connectivity index (χ0n) is 14.8. The predicted molar refractivity (Wildman–Crippen MR) is 91.9 cm³/mol. The molecule has 5 atom stereocenters. The summed E-state index contributed by atoms with van der Waals surface area (Å²) in [5, 5.41) is 27.3. The van der Waals surface area contributed by atoms with Gasteiger partial charge in [0.2, 0.25) is 5.91 Å². The summed E-state index contributed by atoms with van der Waals surface area (Å²) in [6.45, 7) is 6.07. The van der Waals surface area contributed by atoms with E-state index in [1.165, 1.54) is 4.90 Å². The first kappa shape index (κ1) is 17.7. The van der Waals surface area contributed by atoms with Gasteiger partial charge in [-0.25, -0.2) is 4.79 Å². The lowest BCUT2D eigenvalue weighted by molar-refractivity contribution is -0.163. The van der Waals surface area contributed by atoms with Crippen molar-refractivity contribution in [3.8, 4) is 0 Å². The Bertz CT molecular complexity index is 682. The Hall–Kier alpha value is -2.15. The SMILES string of the molecule is CC(=N)N1CCC[C@H]1C=CC1=C(C(=O)O)N2C(=O)[C@H]([C@@H](C)O)[C@H]2[C@H]1C. The smallest absolute Gasteiger partial charge is 0.352 e. The molecule has 0 saturated carbocycles. The molecule has 0 aromatic carbocycles. The topological polar surface area (TPSA) is 105 Å². The number of aliphatic carboxylic acids is 1. The van der Waals surface area contributed by atoms with Crippen molar-refractivity contribution in [2.75, 3.05) is 6.54 Å². The van der Waals surface area contributed by atoms with Crippen LogP contribution >= 0.6 is 0 Å². The first-order valence-corrected chi connectivity index (χ1v) is 8.74. The summed E-state index contributed by atoms with van der Waals surface area (Å²) in [6, 6.07) is -0.203. The number of nitrogens with zero attached hydrogens (tertiary/aromatic N) is 2. The monoisotopic (exact) mass is 347 g/mol. The van der Waals surface area contributed by atoms with Crippen molar-refractivity contribution in [3.63, 3.8) is 0 Å². The molecule has 0 spiro atoms. The van der Waals surface area contributed by atoms with Crippen LogP contribution in [0.5, 0.6) is 0 Å². The number of β-lactam (4-membered cyclic amide) rings is 1. The number of aliphatic hydroxyl groups is 1. The van der Waals surface area contributed by atoms with Crippen LogP contribution in [0, 0.1) is 17.2 Å². The molecule has 0 aromatic heterocycles. The number of nitrogens with one attached hydrogen (secondary N) is 1. The second-order valence-electron chi connectivity index (χ2n) is 7.21. The third-order valence-corrected chi connectivity index (χ3v) is 5.66. The number of aliphatic hydroxyl groups excluding tert-OH is 1. The van der Waals surface area contributed by atoms with Gasteiger partial charge in [-0.2, -0.15) is 0 Å². The van der Waals surface area contributed by atoms with E-state index in [-0.39, 0.29) is 29.6 Å². The van der Waals surface area contributed by atoms with Gasteiger partial charge in [-0.05, 0) is 32.3 Å². The van der Waals surface area contributed by atoms with Crippen molar-refractivity contribution in [1.29, 1.82) is 5.41 Å². The quantitative estimate of drug-likeness (QED) is 0.403. The fraction of sp³-hybridized carbons (Fsp3) is 0.611. The van der Waals surface area contributed by atoms with Crippen molar-refractivity contribution in [2.45, 2.75) is 51.8 Å². The summed E-state index contributed by atoms with van der Waals surface area (Å²) in [5.74, 6) is -1.60. The van der Waals surface area contributed by atoms with Crippen LogP contribution in [0.2, 0.25) is 0 Å². The van der Waals surface area contributed by atoms with E-state index in [0.717, 1.165) is 19.4 Å². The Morgan fingerprint density at radius 3 is 2.68 bits per heavy atom. The number of amides is 1. The number of rotatable bonds is 4. The van der Waals surface area contributed by atoms with E-state index in [2.05, 4.69) is 0 Å². The first-order chi connectivity index (χ1) is 11.8. The number of carbonyl (C=O) groups excluding carboxylic acids is 1. The minimum absolute atomic E-state index is 0.0340. The predicted octanol–water partition coefficient (Wildman–Crippen LogP) is 1.20. The Balaban J connectivity index is 1.89. The molecular weight excluding hydrogens is 322 g/mol. The molecule has 0 aliphatic carbocycles. The molecule has 7 nitrogen and oxygen atoms in total. The van der Waals surface area contributed by atoms with Crippen LogP contribution in [-0.4, -0.2) is 62.5 Å².